The fourth-order valence-corrected chi connectivity index (χ4v) is 2.73. The van der Waals surface area contributed by atoms with Crippen molar-refractivity contribution in [2.24, 2.45) is 0 Å². The quantitative estimate of drug-likeness (QED) is 0.859. The summed E-state index contributed by atoms with van der Waals surface area (Å²) in [6, 6.07) is 10.3. The Hall–Kier alpha value is -2.10. The molecule has 4 nitrogen and oxygen atoms in total. The highest BCUT2D eigenvalue weighted by Crippen LogP contribution is 2.47. The maximum absolute atomic E-state index is 11.5. The van der Waals surface area contributed by atoms with Crippen molar-refractivity contribution < 1.29 is 9.53 Å². The molecule has 1 fully saturated rings. The van der Waals surface area contributed by atoms with Gasteiger partial charge >= 0.3 is 5.97 Å². The van der Waals surface area contributed by atoms with Crippen LogP contribution in [0.4, 0.5) is 0 Å². The van der Waals surface area contributed by atoms with Gasteiger partial charge in [-0.15, -0.1) is 0 Å². The summed E-state index contributed by atoms with van der Waals surface area (Å²) in [6.07, 6.45) is 4.86. The number of ether oxygens (including phenoxy) is 1. The van der Waals surface area contributed by atoms with Crippen molar-refractivity contribution in [1.82, 2.24) is 9.97 Å². The van der Waals surface area contributed by atoms with Crippen molar-refractivity contribution in [2.45, 2.75) is 24.7 Å². The van der Waals surface area contributed by atoms with E-state index in [4.69, 9.17) is 4.74 Å². The topological polar surface area (TPSA) is 55.0 Å². The summed E-state index contributed by atoms with van der Waals surface area (Å²) < 4.78 is 4.71. The van der Waals surface area contributed by atoms with E-state index in [1.165, 1.54) is 19.1 Å². The summed E-state index contributed by atoms with van der Waals surface area (Å²) in [5.74, 6) is 0.492. The molecule has 2 aromatic rings. The van der Waals surface area contributed by atoms with Gasteiger partial charge in [0.25, 0.3) is 0 Å². The van der Waals surface area contributed by atoms with Gasteiger partial charge in [0, 0.05) is 0 Å². The number of methoxy groups -OCH3 is 1. The third kappa shape index (κ3) is 1.84. The zero-order valence-electron chi connectivity index (χ0n) is 10.8. The number of carbonyl (C=O) groups is 1. The molecule has 0 unspecified atom stereocenters. The Morgan fingerprint density at radius 3 is 2.63 bits per heavy atom. The number of benzene rings is 1. The van der Waals surface area contributed by atoms with Crippen molar-refractivity contribution in [3.63, 3.8) is 0 Å². The fourth-order valence-electron chi connectivity index (χ4n) is 2.73. The van der Waals surface area contributed by atoms with Crippen molar-refractivity contribution in [2.75, 3.05) is 7.11 Å². The van der Waals surface area contributed by atoms with Gasteiger partial charge in [-0.1, -0.05) is 36.8 Å². The van der Waals surface area contributed by atoms with Gasteiger partial charge in [0.15, 0.2) is 0 Å². The molecule has 0 spiro atoms. The van der Waals surface area contributed by atoms with Gasteiger partial charge in [0.1, 0.15) is 11.5 Å². The molecule has 1 aliphatic carbocycles. The number of nitrogens with zero attached hydrogens (tertiary/aromatic N) is 1. The smallest absolute Gasteiger partial charge is 0.356 e. The minimum absolute atomic E-state index is 0.0620. The zero-order chi connectivity index (χ0) is 13.3. The Morgan fingerprint density at radius 1 is 1.32 bits per heavy atom. The van der Waals surface area contributed by atoms with Crippen LogP contribution in [0.2, 0.25) is 0 Å². The van der Waals surface area contributed by atoms with Crippen LogP contribution in [0.5, 0.6) is 0 Å². The van der Waals surface area contributed by atoms with E-state index in [0.29, 0.717) is 5.69 Å². The molecule has 19 heavy (non-hydrogen) atoms. The van der Waals surface area contributed by atoms with Crippen molar-refractivity contribution in [3.8, 4) is 0 Å². The van der Waals surface area contributed by atoms with E-state index < -0.39 is 0 Å². The Kier molecular flexibility index (Phi) is 2.85. The highest BCUT2D eigenvalue weighted by molar-refractivity contribution is 5.86. The largest absolute Gasteiger partial charge is 0.464 e. The molecule has 1 aliphatic rings. The number of hydrogen-bond acceptors (Lipinski definition) is 3. The molecule has 0 atom stereocenters. The monoisotopic (exact) mass is 256 g/mol. The van der Waals surface area contributed by atoms with Crippen LogP contribution in [0.15, 0.2) is 36.5 Å². The summed E-state index contributed by atoms with van der Waals surface area (Å²) in [5.41, 5.74) is 1.61. The zero-order valence-corrected chi connectivity index (χ0v) is 10.8. The molecular formula is C15H16N2O2. The number of hydrogen-bond donors (Lipinski definition) is 1. The molecule has 1 N–H and O–H groups in total. The Balaban J connectivity index is 1.99. The normalized spacial score (nSPS) is 16.7. The summed E-state index contributed by atoms with van der Waals surface area (Å²) in [7, 11) is 1.37. The Morgan fingerprint density at radius 2 is 2.05 bits per heavy atom. The number of esters is 1. The van der Waals surface area contributed by atoms with Crippen LogP contribution in [0.25, 0.3) is 0 Å². The van der Waals surface area contributed by atoms with Gasteiger partial charge in [0.05, 0.1) is 18.7 Å². The third-order valence-electron chi connectivity index (χ3n) is 3.97. The minimum atomic E-state index is -0.374. The molecule has 4 heteroatoms. The van der Waals surface area contributed by atoms with Crippen LogP contribution in [0.3, 0.4) is 0 Å². The molecule has 1 heterocycles. The lowest BCUT2D eigenvalue weighted by atomic mass is 9.64. The van der Waals surface area contributed by atoms with E-state index in [0.717, 1.165) is 18.7 Å². The molecule has 1 saturated carbocycles. The minimum Gasteiger partial charge on any atom is -0.464 e. The van der Waals surface area contributed by atoms with Crippen LogP contribution in [0.1, 0.15) is 41.1 Å². The standard InChI is InChI=1S/C15H16N2O2/c1-19-13(18)12-10-16-14(17-12)15(8-5-9-15)11-6-3-2-4-7-11/h2-4,6-7,10H,5,8-9H2,1H3,(H,16,17). The molecular weight excluding hydrogens is 240 g/mol. The first-order chi connectivity index (χ1) is 9.26. The summed E-state index contributed by atoms with van der Waals surface area (Å²) in [4.78, 5) is 19.0. The SMILES string of the molecule is COC(=O)c1cnc(C2(c3ccccc3)CCC2)[nH]1. The van der Waals surface area contributed by atoms with Gasteiger partial charge in [-0.3, -0.25) is 0 Å². The van der Waals surface area contributed by atoms with Gasteiger partial charge in [0.2, 0.25) is 0 Å². The molecule has 0 saturated heterocycles. The van der Waals surface area contributed by atoms with Crippen LogP contribution in [0, 0.1) is 0 Å². The maximum atomic E-state index is 11.5. The lowest BCUT2D eigenvalue weighted by Gasteiger charge is -2.40. The maximum Gasteiger partial charge on any atom is 0.356 e. The molecule has 98 valence electrons. The third-order valence-corrected chi connectivity index (χ3v) is 3.97. The van der Waals surface area contributed by atoms with Gasteiger partial charge in [-0.25, -0.2) is 9.78 Å². The molecule has 3 rings (SSSR count). The van der Waals surface area contributed by atoms with Gasteiger partial charge in [-0.05, 0) is 18.4 Å². The summed E-state index contributed by atoms with van der Waals surface area (Å²) in [6.45, 7) is 0. The van der Waals surface area contributed by atoms with E-state index in [-0.39, 0.29) is 11.4 Å². The van der Waals surface area contributed by atoms with Gasteiger partial charge < -0.3 is 9.72 Å². The molecule has 1 aromatic carbocycles. The Labute approximate surface area is 111 Å². The average molecular weight is 256 g/mol. The van der Waals surface area contributed by atoms with Gasteiger partial charge in [-0.2, -0.15) is 0 Å². The second-order valence-corrected chi connectivity index (χ2v) is 4.94. The van der Waals surface area contributed by atoms with Crippen LogP contribution in [-0.4, -0.2) is 23.0 Å². The summed E-state index contributed by atoms with van der Waals surface area (Å²) in [5, 5.41) is 0. The molecule has 0 radical (unpaired) electrons. The second kappa shape index (κ2) is 4.53. The number of aromatic amines is 1. The molecule has 0 aliphatic heterocycles. The number of H-pyrrole nitrogens is 1. The van der Waals surface area contributed by atoms with Crippen molar-refractivity contribution in [3.05, 3.63) is 53.6 Å². The molecule has 0 amide bonds. The van der Waals surface area contributed by atoms with Crippen molar-refractivity contribution >= 4 is 5.97 Å². The number of nitrogens with one attached hydrogen (secondary N) is 1. The predicted octanol–water partition coefficient (Wildman–Crippen LogP) is 2.67. The van der Waals surface area contributed by atoms with E-state index >= 15 is 0 Å². The highest BCUT2D eigenvalue weighted by Gasteiger charge is 2.42. The Bertz CT molecular complexity index is 585. The lowest BCUT2D eigenvalue weighted by molar-refractivity contribution is 0.0594. The van der Waals surface area contributed by atoms with Crippen molar-refractivity contribution in [1.29, 1.82) is 0 Å². The van der Waals surface area contributed by atoms with E-state index in [9.17, 15) is 4.79 Å². The first-order valence-electron chi connectivity index (χ1n) is 6.45. The van der Waals surface area contributed by atoms with E-state index in [1.54, 1.807) is 6.20 Å². The lowest BCUT2D eigenvalue weighted by Crippen LogP contribution is -2.36. The summed E-state index contributed by atoms with van der Waals surface area (Å²) >= 11 is 0. The fraction of sp³-hybridized carbons (Fsp3) is 0.333. The number of aromatic nitrogens is 2. The van der Waals surface area contributed by atoms with Crippen LogP contribution in [-0.2, 0) is 10.2 Å². The highest BCUT2D eigenvalue weighted by atomic mass is 16.5. The van der Waals surface area contributed by atoms with E-state index in [1.807, 2.05) is 18.2 Å². The number of imidazole rings is 1. The average Bonchev–Trinajstić information content (AvgIpc) is 2.88. The number of rotatable bonds is 3. The van der Waals surface area contributed by atoms with E-state index in [2.05, 4.69) is 22.1 Å². The molecule has 0 bridgehead atoms. The van der Waals surface area contributed by atoms with Crippen LogP contribution >= 0.6 is 0 Å². The number of carbonyl (C=O) groups excluding carboxylic acids is 1. The predicted molar refractivity (Wildman–Crippen MR) is 71.0 cm³/mol. The second-order valence-electron chi connectivity index (χ2n) is 4.94. The molecule has 1 aromatic heterocycles. The first-order valence-corrected chi connectivity index (χ1v) is 6.45. The van der Waals surface area contributed by atoms with Crippen LogP contribution < -0.4 is 0 Å². The first kappa shape index (κ1) is 12.0.